The Morgan fingerprint density at radius 3 is 1.14 bits per heavy atom. The number of halogens is 3. The number of benzene rings is 2. The molecule has 13 nitrogen and oxygen atoms in total. The topological polar surface area (TPSA) is 163 Å². The number of pyridine rings is 2. The molecule has 2 aromatic carbocycles. The highest BCUT2D eigenvalue weighted by atomic mass is 79.9. The predicted octanol–water partition coefficient (Wildman–Crippen LogP) is 11.7. The minimum atomic E-state index is -0.860. The Balaban J connectivity index is 0.000000300. The van der Waals surface area contributed by atoms with E-state index >= 15 is 0 Å². The lowest BCUT2D eigenvalue weighted by Crippen LogP contribution is -2.44. The summed E-state index contributed by atoms with van der Waals surface area (Å²) in [5, 5.41) is 3.47. The van der Waals surface area contributed by atoms with Gasteiger partial charge in [0.25, 0.3) is 0 Å². The molecule has 56 heavy (non-hydrogen) atoms. The van der Waals surface area contributed by atoms with Crippen LogP contribution < -0.4 is 15.5 Å². The molecule has 16 heteroatoms. The number of imide groups is 2. The minimum Gasteiger partial charge on any atom is -0.443 e. The van der Waals surface area contributed by atoms with Crippen molar-refractivity contribution in [3.05, 3.63) is 68.9 Å². The van der Waals surface area contributed by atoms with E-state index in [2.05, 4.69) is 57.8 Å². The van der Waals surface area contributed by atoms with Gasteiger partial charge >= 0.3 is 24.4 Å². The highest BCUT2D eigenvalue weighted by Crippen LogP contribution is 2.35. The monoisotopic (exact) mass is 965 g/mol. The molecule has 4 rings (SSSR count). The number of nitrogens with zero attached hydrogens (tertiary/aromatic N) is 4. The molecule has 0 saturated heterocycles. The summed E-state index contributed by atoms with van der Waals surface area (Å²) in [6.07, 6.45) is -0.330. The van der Waals surface area contributed by atoms with Gasteiger partial charge < -0.3 is 24.7 Å². The van der Waals surface area contributed by atoms with E-state index in [4.69, 9.17) is 24.7 Å². The van der Waals surface area contributed by atoms with E-state index in [0.717, 1.165) is 40.6 Å². The number of carbonyl (C=O) groups excluding carboxylic acids is 4. The van der Waals surface area contributed by atoms with Crippen molar-refractivity contribution in [3.8, 4) is 0 Å². The summed E-state index contributed by atoms with van der Waals surface area (Å²) < 4.78 is 23.2. The normalized spacial score (nSPS) is 12.0. The molecule has 0 aliphatic heterocycles. The maximum atomic E-state index is 12.9. The maximum absolute atomic E-state index is 12.9. The number of fused-ring (bicyclic) bond motifs is 2. The Bertz CT molecular complexity index is 1900. The van der Waals surface area contributed by atoms with Gasteiger partial charge in [-0.2, -0.15) is 9.80 Å². The van der Waals surface area contributed by atoms with Crippen LogP contribution in [0.3, 0.4) is 0 Å². The molecular formula is C40H50Br3N5O8. The fourth-order valence-corrected chi connectivity index (χ4v) is 5.98. The molecule has 2 N–H and O–H groups in total. The lowest BCUT2D eigenvalue weighted by molar-refractivity contribution is 0.0407. The molecule has 0 spiro atoms. The molecule has 0 atom stereocenters. The Labute approximate surface area is 353 Å². The number of amides is 4. The average Bonchev–Trinajstić information content (AvgIpc) is 3.04. The molecule has 0 unspecified atom stereocenters. The fourth-order valence-electron chi connectivity index (χ4n) is 4.77. The molecule has 4 amide bonds. The molecule has 0 aliphatic rings. The molecule has 0 aliphatic carbocycles. The van der Waals surface area contributed by atoms with Crippen molar-refractivity contribution < 1.29 is 38.1 Å². The molecule has 4 aromatic rings. The van der Waals surface area contributed by atoms with Crippen molar-refractivity contribution in [1.82, 2.24) is 9.97 Å². The quantitative estimate of drug-likeness (QED) is 0.153. The van der Waals surface area contributed by atoms with Crippen molar-refractivity contribution in [1.29, 1.82) is 0 Å². The van der Waals surface area contributed by atoms with E-state index in [1.807, 2.05) is 30.3 Å². The van der Waals surface area contributed by atoms with Crippen molar-refractivity contribution in [2.75, 3.05) is 9.80 Å². The maximum Gasteiger partial charge on any atom is 0.425 e. The number of carbonyl (C=O) groups is 4. The second-order valence-corrected chi connectivity index (χ2v) is 18.8. The second kappa shape index (κ2) is 18.2. The zero-order valence-corrected chi connectivity index (χ0v) is 38.6. The van der Waals surface area contributed by atoms with Gasteiger partial charge in [-0.1, -0.05) is 40.2 Å². The van der Waals surface area contributed by atoms with Crippen LogP contribution in [0.5, 0.6) is 0 Å². The van der Waals surface area contributed by atoms with Gasteiger partial charge in [0.1, 0.15) is 22.4 Å². The lowest BCUT2D eigenvalue weighted by Gasteiger charge is -2.28. The van der Waals surface area contributed by atoms with E-state index in [-0.39, 0.29) is 11.6 Å². The molecule has 0 radical (unpaired) electrons. The van der Waals surface area contributed by atoms with Gasteiger partial charge in [0.15, 0.2) is 11.6 Å². The Kier molecular flexibility index (Phi) is 15.1. The van der Waals surface area contributed by atoms with Crippen LogP contribution in [0.1, 0.15) is 94.2 Å². The summed E-state index contributed by atoms with van der Waals surface area (Å²) >= 11 is 10.4. The van der Waals surface area contributed by atoms with Gasteiger partial charge in [-0.3, -0.25) is 0 Å². The SMILES string of the molecule is CC(C)(C)OC(=O)N(C(=O)OC(C)(C)C)c1ncc(Br)c2cc(CBr)ccc12.CC(C)(C)OC(=O)N(C(=O)OC(C)(C)C)c1ncc(Br)c2cc(CN)ccc12. The average molecular weight is 969 g/mol. The molecular weight excluding hydrogens is 918 g/mol. The summed E-state index contributed by atoms with van der Waals surface area (Å²) in [4.78, 5) is 61.8. The Hall–Kier alpha value is -3.86. The van der Waals surface area contributed by atoms with Crippen LogP contribution in [-0.2, 0) is 30.8 Å². The number of ether oxygens (including phenoxy) is 4. The first-order chi connectivity index (χ1) is 25.6. The van der Waals surface area contributed by atoms with Gasteiger partial charge in [-0.25, -0.2) is 29.1 Å². The fraction of sp³-hybridized carbons (Fsp3) is 0.450. The first-order valence-corrected chi connectivity index (χ1v) is 20.3. The van der Waals surface area contributed by atoms with E-state index in [0.29, 0.717) is 22.6 Å². The largest absolute Gasteiger partial charge is 0.443 e. The number of hydrogen-bond donors (Lipinski definition) is 1. The molecule has 2 aromatic heterocycles. The van der Waals surface area contributed by atoms with Crippen LogP contribution in [0, 0.1) is 0 Å². The molecule has 2 heterocycles. The zero-order chi connectivity index (χ0) is 42.6. The first-order valence-electron chi connectivity index (χ1n) is 17.6. The predicted molar refractivity (Wildman–Crippen MR) is 229 cm³/mol. The number of nitrogens with two attached hydrogens (primary N) is 1. The van der Waals surface area contributed by atoms with E-state index < -0.39 is 46.8 Å². The smallest absolute Gasteiger partial charge is 0.425 e. The van der Waals surface area contributed by atoms with Crippen molar-refractivity contribution >= 4 is 105 Å². The van der Waals surface area contributed by atoms with Crippen molar-refractivity contribution in [2.45, 2.75) is 117 Å². The first kappa shape index (κ1) is 46.5. The third-order valence-electron chi connectivity index (χ3n) is 6.88. The van der Waals surface area contributed by atoms with Crippen LogP contribution >= 0.6 is 47.8 Å². The zero-order valence-electron chi connectivity index (χ0n) is 33.8. The second-order valence-electron chi connectivity index (χ2n) is 16.5. The van der Waals surface area contributed by atoms with Crippen LogP contribution in [0.15, 0.2) is 57.7 Å². The number of alkyl halides is 1. The third kappa shape index (κ3) is 13.1. The highest BCUT2D eigenvalue weighted by molar-refractivity contribution is 9.11. The number of anilines is 2. The summed E-state index contributed by atoms with van der Waals surface area (Å²) in [5.74, 6) is 0.285. The summed E-state index contributed by atoms with van der Waals surface area (Å²) in [5.41, 5.74) is 4.53. The number of rotatable bonds is 4. The van der Waals surface area contributed by atoms with Gasteiger partial charge in [0.05, 0.1) is 0 Å². The summed E-state index contributed by atoms with van der Waals surface area (Å²) in [7, 11) is 0. The summed E-state index contributed by atoms with van der Waals surface area (Å²) in [6.45, 7) is 21.1. The molecule has 0 bridgehead atoms. The third-order valence-corrected chi connectivity index (χ3v) is 8.79. The molecule has 0 saturated carbocycles. The van der Waals surface area contributed by atoms with Crippen molar-refractivity contribution in [2.24, 2.45) is 5.73 Å². The van der Waals surface area contributed by atoms with Crippen LogP contribution in [0.2, 0.25) is 0 Å². The van der Waals surface area contributed by atoms with E-state index in [9.17, 15) is 19.2 Å². The standard InChI is InChI=1S/C20H24Br2N2O4.C20H26BrN3O4/c1-19(2,3)27-17(25)24(18(26)28-20(4,5)6)16-13-8-7-12(10-21)9-14(13)15(22)11-23-16;1-19(2,3)27-17(25)24(18(26)28-20(4,5)6)16-13-8-7-12(10-22)9-14(13)15(21)11-23-16/h7-9,11H,10H2,1-6H3;7-9,11H,10,22H2,1-6H3. The van der Waals surface area contributed by atoms with Gasteiger partial charge in [0, 0.05) is 54.8 Å². The number of hydrogen-bond acceptors (Lipinski definition) is 11. The van der Waals surface area contributed by atoms with Gasteiger partial charge in [0.2, 0.25) is 0 Å². The number of aromatic nitrogens is 2. The van der Waals surface area contributed by atoms with E-state index in [1.165, 1.54) is 6.20 Å². The highest BCUT2D eigenvalue weighted by Gasteiger charge is 2.36. The van der Waals surface area contributed by atoms with Gasteiger partial charge in [-0.15, -0.1) is 0 Å². The Morgan fingerprint density at radius 1 is 0.554 bits per heavy atom. The van der Waals surface area contributed by atoms with Crippen LogP contribution in [0.4, 0.5) is 30.8 Å². The van der Waals surface area contributed by atoms with Crippen LogP contribution in [-0.4, -0.2) is 56.7 Å². The van der Waals surface area contributed by atoms with Crippen molar-refractivity contribution in [3.63, 3.8) is 0 Å². The van der Waals surface area contributed by atoms with E-state index in [1.54, 1.807) is 95.3 Å². The summed E-state index contributed by atoms with van der Waals surface area (Å²) in [6, 6.07) is 11.2. The lowest BCUT2D eigenvalue weighted by atomic mass is 10.1. The minimum absolute atomic E-state index is 0.130. The van der Waals surface area contributed by atoms with Crippen LogP contribution in [0.25, 0.3) is 21.5 Å². The molecule has 304 valence electrons. The molecule has 0 fully saturated rings. The Morgan fingerprint density at radius 2 is 0.857 bits per heavy atom. The van der Waals surface area contributed by atoms with Gasteiger partial charge in [-0.05, 0) is 138 Å².